The summed E-state index contributed by atoms with van der Waals surface area (Å²) in [5.74, 6) is -1.01. The molecule has 154 valence electrons. The van der Waals surface area contributed by atoms with E-state index in [0.29, 0.717) is 19.3 Å². The molecule has 0 atom stereocenters. The van der Waals surface area contributed by atoms with Crippen molar-refractivity contribution in [1.29, 1.82) is 0 Å². The fourth-order valence-corrected chi connectivity index (χ4v) is 4.83. The number of anilines is 1. The second-order valence-corrected chi connectivity index (χ2v) is 8.65. The highest BCUT2D eigenvalue weighted by Crippen LogP contribution is 2.44. The zero-order valence-electron chi connectivity index (χ0n) is 16.7. The summed E-state index contributed by atoms with van der Waals surface area (Å²) in [6.45, 7) is 4.74. The van der Waals surface area contributed by atoms with Crippen LogP contribution in [-0.4, -0.2) is 49.2 Å². The largest absolute Gasteiger partial charge is 0.481 e. The van der Waals surface area contributed by atoms with Crippen LogP contribution in [0.15, 0.2) is 11.4 Å². The Morgan fingerprint density at radius 3 is 2.86 bits per heavy atom. The lowest BCUT2D eigenvalue weighted by Gasteiger charge is -2.40. The molecule has 5 rings (SSSR count). The number of nitrogens with zero attached hydrogens (tertiary/aromatic N) is 4. The van der Waals surface area contributed by atoms with Crippen LogP contribution in [0.2, 0.25) is 0 Å². The Hall–Kier alpha value is -2.68. The van der Waals surface area contributed by atoms with Crippen molar-refractivity contribution in [2.75, 3.05) is 5.32 Å². The number of pyridine rings is 1. The van der Waals surface area contributed by atoms with Gasteiger partial charge in [-0.25, -0.2) is 9.67 Å². The van der Waals surface area contributed by atoms with Crippen LogP contribution >= 0.6 is 0 Å². The topological polar surface area (TPSA) is 128 Å². The predicted octanol–water partition coefficient (Wildman–Crippen LogP) is 2.02. The summed E-state index contributed by atoms with van der Waals surface area (Å²) in [6.07, 6.45) is 5.40. The van der Waals surface area contributed by atoms with Crippen molar-refractivity contribution in [1.82, 2.24) is 14.8 Å². The molecule has 3 aliphatic rings. The smallest absolute Gasteiger partial charge is 0.306 e. The summed E-state index contributed by atoms with van der Waals surface area (Å²) in [5, 5.41) is 22.8. The summed E-state index contributed by atoms with van der Waals surface area (Å²) in [5.41, 5.74) is 10.1. The average molecular weight is 398 g/mol. The molecule has 1 aliphatic heterocycles. The van der Waals surface area contributed by atoms with Crippen molar-refractivity contribution in [2.24, 2.45) is 16.8 Å². The van der Waals surface area contributed by atoms with Crippen LogP contribution in [0.3, 0.4) is 0 Å². The molecule has 4 N–H and O–H groups in total. The molecule has 0 saturated heterocycles. The molecule has 0 bridgehead atoms. The molecule has 1 spiro atoms. The first-order chi connectivity index (χ1) is 13.9. The normalized spacial score (nSPS) is 30.6. The third-order valence-electron chi connectivity index (χ3n) is 6.49. The van der Waals surface area contributed by atoms with E-state index < -0.39 is 5.97 Å². The minimum atomic E-state index is -0.727. The maximum Gasteiger partial charge on any atom is 0.306 e. The van der Waals surface area contributed by atoms with Crippen LogP contribution in [0, 0.1) is 12.8 Å². The highest BCUT2D eigenvalue weighted by molar-refractivity contribution is 6.11. The number of nitrogens with one attached hydrogen (secondary N) is 1. The van der Waals surface area contributed by atoms with Gasteiger partial charge in [-0.3, -0.25) is 4.79 Å². The summed E-state index contributed by atoms with van der Waals surface area (Å²) in [7, 11) is 0. The molecule has 9 nitrogen and oxygen atoms in total. The number of rotatable bonds is 5. The van der Waals surface area contributed by atoms with Gasteiger partial charge in [-0.1, -0.05) is 5.16 Å². The number of aromatic nitrogens is 3. The van der Waals surface area contributed by atoms with Crippen molar-refractivity contribution < 1.29 is 14.7 Å². The molecule has 29 heavy (non-hydrogen) atoms. The van der Waals surface area contributed by atoms with Crippen LogP contribution in [-0.2, 0) is 16.2 Å². The molecular weight excluding hydrogens is 372 g/mol. The van der Waals surface area contributed by atoms with Crippen molar-refractivity contribution >= 4 is 28.4 Å². The summed E-state index contributed by atoms with van der Waals surface area (Å²) < 4.78 is 1.89. The van der Waals surface area contributed by atoms with E-state index in [1.54, 1.807) is 0 Å². The fraction of sp³-hybridized carbons (Fsp3) is 0.600. The van der Waals surface area contributed by atoms with Crippen LogP contribution in [0.25, 0.3) is 11.0 Å². The Morgan fingerprint density at radius 2 is 2.21 bits per heavy atom. The quantitative estimate of drug-likeness (QED) is 0.703. The number of aryl methyl sites for hydroxylation is 2. The molecule has 3 heterocycles. The van der Waals surface area contributed by atoms with E-state index >= 15 is 0 Å². The molecule has 2 fully saturated rings. The minimum absolute atomic E-state index is 0.110. The summed E-state index contributed by atoms with van der Waals surface area (Å²) >= 11 is 0. The number of fused-ring (bicyclic) bond motifs is 1. The SMILES string of the molecule is CCn1nc(C)c2c(NC3CC(C(=O)O)C3)c(C3=NOC4(C3)CC(N)C4)cnc21. The number of carbonyl (C=O) groups is 1. The number of carboxylic acid groups (broad SMARTS) is 1. The first-order valence-corrected chi connectivity index (χ1v) is 10.3. The Kier molecular flexibility index (Phi) is 4.06. The van der Waals surface area contributed by atoms with E-state index in [2.05, 4.69) is 20.6 Å². The third-order valence-corrected chi connectivity index (χ3v) is 6.49. The Balaban J connectivity index is 1.52. The van der Waals surface area contributed by atoms with Gasteiger partial charge >= 0.3 is 5.97 Å². The van der Waals surface area contributed by atoms with E-state index in [9.17, 15) is 9.90 Å². The highest BCUT2D eigenvalue weighted by atomic mass is 16.7. The van der Waals surface area contributed by atoms with E-state index in [0.717, 1.165) is 53.1 Å². The van der Waals surface area contributed by atoms with Gasteiger partial charge in [0.25, 0.3) is 0 Å². The van der Waals surface area contributed by atoms with Crippen LogP contribution < -0.4 is 11.1 Å². The van der Waals surface area contributed by atoms with Crippen LogP contribution in [0.1, 0.15) is 50.3 Å². The molecule has 2 aliphatic carbocycles. The summed E-state index contributed by atoms with van der Waals surface area (Å²) in [4.78, 5) is 21.7. The molecule has 0 amide bonds. The maximum atomic E-state index is 11.2. The number of oxime groups is 1. The minimum Gasteiger partial charge on any atom is -0.481 e. The molecular formula is C20H26N6O3. The lowest BCUT2D eigenvalue weighted by atomic mass is 9.73. The van der Waals surface area contributed by atoms with Crippen molar-refractivity contribution in [3.8, 4) is 0 Å². The van der Waals surface area contributed by atoms with Crippen LogP contribution in [0.5, 0.6) is 0 Å². The average Bonchev–Trinajstić information content (AvgIpc) is 3.19. The van der Waals surface area contributed by atoms with E-state index in [-0.39, 0.29) is 23.6 Å². The van der Waals surface area contributed by atoms with E-state index in [1.165, 1.54) is 0 Å². The van der Waals surface area contributed by atoms with Crippen molar-refractivity contribution in [3.63, 3.8) is 0 Å². The van der Waals surface area contributed by atoms with Gasteiger partial charge in [0.15, 0.2) is 5.65 Å². The number of carboxylic acids is 1. The highest BCUT2D eigenvalue weighted by Gasteiger charge is 2.50. The second-order valence-electron chi connectivity index (χ2n) is 8.65. The number of hydrogen-bond acceptors (Lipinski definition) is 7. The Bertz CT molecular complexity index is 1020. The first-order valence-electron chi connectivity index (χ1n) is 10.3. The molecule has 2 aromatic heterocycles. The van der Waals surface area contributed by atoms with E-state index in [4.69, 9.17) is 10.6 Å². The van der Waals surface area contributed by atoms with E-state index in [1.807, 2.05) is 24.7 Å². The van der Waals surface area contributed by atoms with Gasteiger partial charge in [0.2, 0.25) is 0 Å². The van der Waals surface area contributed by atoms with Gasteiger partial charge in [-0.15, -0.1) is 0 Å². The monoisotopic (exact) mass is 398 g/mol. The fourth-order valence-electron chi connectivity index (χ4n) is 4.83. The van der Waals surface area contributed by atoms with Gasteiger partial charge in [-0.2, -0.15) is 5.10 Å². The van der Waals surface area contributed by atoms with Crippen molar-refractivity contribution in [3.05, 3.63) is 17.5 Å². The van der Waals surface area contributed by atoms with Gasteiger partial charge in [0.05, 0.1) is 28.4 Å². The molecule has 0 radical (unpaired) electrons. The lowest BCUT2D eigenvalue weighted by Crippen LogP contribution is -2.51. The Labute approximate surface area is 168 Å². The van der Waals surface area contributed by atoms with Gasteiger partial charge in [-0.05, 0) is 26.7 Å². The standard InChI is InChI=1S/C20H26N6O3/c1-3-26-18-16(10(2)24-26)17(23-13-4-11(5-13)19(27)28)14(9-22-18)15-8-20(29-25-15)6-12(21)7-20/h9,11-13H,3-8,21H2,1-2H3,(H,22,23)(H,27,28). The predicted molar refractivity (Wildman–Crippen MR) is 108 cm³/mol. The van der Waals surface area contributed by atoms with Crippen LogP contribution in [0.4, 0.5) is 5.69 Å². The second kappa shape index (κ2) is 6.41. The summed E-state index contributed by atoms with van der Waals surface area (Å²) in [6, 6.07) is 0.287. The number of aliphatic carboxylic acids is 1. The zero-order chi connectivity index (χ0) is 20.3. The van der Waals surface area contributed by atoms with Crippen molar-refractivity contribution in [2.45, 2.75) is 70.2 Å². The number of hydrogen-bond donors (Lipinski definition) is 3. The zero-order valence-corrected chi connectivity index (χ0v) is 16.7. The van der Waals surface area contributed by atoms with Gasteiger partial charge < -0.3 is 21.0 Å². The number of nitrogens with two attached hydrogens (primary N) is 1. The molecule has 9 heteroatoms. The van der Waals surface area contributed by atoms with Gasteiger partial charge in [0.1, 0.15) is 5.60 Å². The molecule has 0 aromatic carbocycles. The molecule has 2 aromatic rings. The first kappa shape index (κ1) is 18.4. The molecule has 0 unspecified atom stereocenters. The van der Waals surface area contributed by atoms with Gasteiger partial charge in [0, 0.05) is 49.7 Å². The lowest BCUT2D eigenvalue weighted by molar-refractivity contribution is -0.144. The Morgan fingerprint density at radius 1 is 1.45 bits per heavy atom. The third kappa shape index (κ3) is 2.87. The maximum absolute atomic E-state index is 11.2. The molecule has 2 saturated carbocycles.